The van der Waals surface area contributed by atoms with Crippen LogP contribution in [-0.2, 0) is 11.9 Å². The SMILES string of the molecule is Cc1cc(O)ccc1C(=O)NCc1cccc(CBr)c1. The summed E-state index contributed by atoms with van der Waals surface area (Å²) in [6.07, 6.45) is 0. The Hall–Kier alpha value is -1.81. The molecule has 104 valence electrons. The highest BCUT2D eigenvalue weighted by Crippen LogP contribution is 2.16. The predicted molar refractivity (Wildman–Crippen MR) is 83.1 cm³/mol. The molecule has 2 aromatic carbocycles. The summed E-state index contributed by atoms with van der Waals surface area (Å²) in [5.41, 5.74) is 3.58. The zero-order valence-electron chi connectivity index (χ0n) is 11.2. The number of hydrogen-bond acceptors (Lipinski definition) is 2. The van der Waals surface area contributed by atoms with Crippen LogP contribution >= 0.6 is 15.9 Å². The number of carbonyl (C=O) groups is 1. The maximum absolute atomic E-state index is 12.1. The van der Waals surface area contributed by atoms with Crippen molar-refractivity contribution in [2.24, 2.45) is 0 Å². The van der Waals surface area contributed by atoms with Gasteiger partial charge in [0.15, 0.2) is 0 Å². The molecule has 2 rings (SSSR count). The van der Waals surface area contributed by atoms with Crippen LogP contribution in [0.2, 0.25) is 0 Å². The number of rotatable bonds is 4. The summed E-state index contributed by atoms with van der Waals surface area (Å²) in [5, 5.41) is 13.0. The predicted octanol–water partition coefficient (Wildman–Crippen LogP) is 3.53. The van der Waals surface area contributed by atoms with Crippen molar-refractivity contribution in [3.63, 3.8) is 0 Å². The maximum Gasteiger partial charge on any atom is 0.251 e. The van der Waals surface area contributed by atoms with E-state index in [2.05, 4.69) is 27.3 Å². The van der Waals surface area contributed by atoms with Crippen molar-refractivity contribution < 1.29 is 9.90 Å². The fourth-order valence-corrected chi connectivity index (χ4v) is 2.35. The van der Waals surface area contributed by atoms with Crippen molar-refractivity contribution in [1.29, 1.82) is 0 Å². The Morgan fingerprint density at radius 3 is 2.65 bits per heavy atom. The second-order valence-corrected chi connectivity index (χ2v) is 5.20. The zero-order valence-corrected chi connectivity index (χ0v) is 12.8. The minimum Gasteiger partial charge on any atom is -0.508 e. The van der Waals surface area contributed by atoms with Crippen LogP contribution in [0, 0.1) is 6.92 Å². The summed E-state index contributed by atoms with van der Waals surface area (Å²) in [7, 11) is 0. The van der Waals surface area contributed by atoms with Gasteiger partial charge in [-0.3, -0.25) is 4.79 Å². The third kappa shape index (κ3) is 3.61. The van der Waals surface area contributed by atoms with E-state index in [1.165, 1.54) is 11.6 Å². The molecule has 0 saturated carbocycles. The van der Waals surface area contributed by atoms with Gasteiger partial charge in [-0.1, -0.05) is 40.2 Å². The Labute approximate surface area is 126 Å². The molecule has 0 unspecified atom stereocenters. The summed E-state index contributed by atoms with van der Waals surface area (Å²) >= 11 is 3.41. The van der Waals surface area contributed by atoms with Gasteiger partial charge in [-0.15, -0.1) is 0 Å². The van der Waals surface area contributed by atoms with E-state index >= 15 is 0 Å². The number of phenols is 1. The molecule has 0 aliphatic carbocycles. The number of amides is 1. The van der Waals surface area contributed by atoms with Crippen molar-refractivity contribution in [2.45, 2.75) is 18.8 Å². The highest BCUT2D eigenvalue weighted by Gasteiger charge is 2.09. The smallest absolute Gasteiger partial charge is 0.251 e. The Morgan fingerprint density at radius 2 is 1.95 bits per heavy atom. The van der Waals surface area contributed by atoms with Crippen LogP contribution in [0.15, 0.2) is 42.5 Å². The average molecular weight is 334 g/mol. The highest BCUT2D eigenvalue weighted by atomic mass is 79.9. The van der Waals surface area contributed by atoms with Crippen molar-refractivity contribution >= 4 is 21.8 Å². The van der Waals surface area contributed by atoms with E-state index in [0.717, 1.165) is 16.5 Å². The van der Waals surface area contributed by atoms with Gasteiger partial charge in [-0.25, -0.2) is 0 Å². The maximum atomic E-state index is 12.1. The lowest BCUT2D eigenvalue weighted by atomic mass is 10.1. The summed E-state index contributed by atoms with van der Waals surface area (Å²) in [4.78, 5) is 12.1. The first-order valence-corrected chi connectivity index (χ1v) is 7.44. The fraction of sp³-hybridized carbons (Fsp3) is 0.188. The van der Waals surface area contributed by atoms with Gasteiger partial charge < -0.3 is 10.4 Å². The number of carbonyl (C=O) groups excluding carboxylic acids is 1. The molecule has 0 aromatic heterocycles. The number of alkyl halides is 1. The summed E-state index contributed by atoms with van der Waals surface area (Å²) in [6, 6.07) is 12.8. The Balaban J connectivity index is 2.04. The Bertz CT molecular complexity index is 626. The molecule has 0 saturated heterocycles. The van der Waals surface area contributed by atoms with Gasteiger partial charge in [0.2, 0.25) is 0 Å². The van der Waals surface area contributed by atoms with Crippen LogP contribution in [0.25, 0.3) is 0 Å². The lowest BCUT2D eigenvalue weighted by Gasteiger charge is -2.09. The minimum absolute atomic E-state index is 0.133. The van der Waals surface area contributed by atoms with Crippen molar-refractivity contribution in [3.8, 4) is 5.75 Å². The first-order valence-electron chi connectivity index (χ1n) is 6.32. The molecule has 0 aliphatic heterocycles. The summed E-state index contributed by atoms with van der Waals surface area (Å²) in [6.45, 7) is 2.29. The van der Waals surface area contributed by atoms with Gasteiger partial charge in [0.05, 0.1) is 0 Å². The third-order valence-electron chi connectivity index (χ3n) is 3.05. The fourth-order valence-electron chi connectivity index (χ4n) is 2.00. The molecule has 2 aromatic rings. The van der Waals surface area contributed by atoms with Gasteiger partial charge in [0, 0.05) is 17.4 Å². The molecule has 0 atom stereocenters. The second-order valence-electron chi connectivity index (χ2n) is 4.64. The van der Waals surface area contributed by atoms with Crippen molar-refractivity contribution in [3.05, 3.63) is 64.7 Å². The van der Waals surface area contributed by atoms with Crippen LogP contribution < -0.4 is 5.32 Å². The van der Waals surface area contributed by atoms with E-state index in [4.69, 9.17) is 0 Å². The van der Waals surface area contributed by atoms with Crippen LogP contribution in [0.4, 0.5) is 0 Å². The summed E-state index contributed by atoms with van der Waals surface area (Å²) in [5.74, 6) is 0.0378. The highest BCUT2D eigenvalue weighted by molar-refractivity contribution is 9.08. The first-order chi connectivity index (χ1) is 9.60. The minimum atomic E-state index is -0.133. The Morgan fingerprint density at radius 1 is 1.20 bits per heavy atom. The average Bonchev–Trinajstić information content (AvgIpc) is 2.45. The molecule has 4 heteroatoms. The molecular formula is C16H16BrNO2. The standard InChI is InChI=1S/C16H16BrNO2/c1-11-7-14(19)5-6-15(11)16(20)18-10-13-4-2-3-12(8-13)9-17/h2-8,19H,9-10H2,1H3,(H,18,20). The van der Waals surface area contributed by atoms with E-state index in [9.17, 15) is 9.90 Å². The number of nitrogens with one attached hydrogen (secondary N) is 1. The second kappa shape index (κ2) is 6.57. The number of hydrogen-bond donors (Lipinski definition) is 2. The topological polar surface area (TPSA) is 49.3 Å². The van der Waals surface area contributed by atoms with E-state index in [1.54, 1.807) is 19.1 Å². The molecule has 0 heterocycles. The third-order valence-corrected chi connectivity index (χ3v) is 3.70. The van der Waals surface area contributed by atoms with Crippen LogP contribution in [0.1, 0.15) is 27.0 Å². The molecule has 0 radical (unpaired) electrons. The molecule has 0 bridgehead atoms. The molecule has 0 spiro atoms. The number of aromatic hydroxyl groups is 1. The van der Waals surface area contributed by atoms with E-state index < -0.39 is 0 Å². The van der Waals surface area contributed by atoms with E-state index in [-0.39, 0.29) is 11.7 Å². The molecule has 3 nitrogen and oxygen atoms in total. The van der Waals surface area contributed by atoms with E-state index in [1.807, 2.05) is 18.2 Å². The van der Waals surface area contributed by atoms with Crippen LogP contribution in [0.5, 0.6) is 5.75 Å². The number of phenolic OH excluding ortho intramolecular Hbond substituents is 1. The van der Waals surface area contributed by atoms with Gasteiger partial charge in [0.1, 0.15) is 5.75 Å². The van der Waals surface area contributed by atoms with Gasteiger partial charge in [-0.2, -0.15) is 0 Å². The largest absolute Gasteiger partial charge is 0.508 e. The van der Waals surface area contributed by atoms with Gasteiger partial charge in [-0.05, 0) is 41.8 Å². The number of benzene rings is 2. The normalized spacial score (nSPS) is 10.3. The zero-order chi connectivity index (χ0) is 14.5. The van der Waals surface area contributed by atoms with Crippen LogP contribution in [-0.4, -0.2) is 11.0 Å². The first kappa shape index (κ1) is 14.6. The molecule has 0 aliphatic rings. The summed E-state index contributed by atoms with van der Waals surface area (Å²) < 4.78 is 0. The lowest BCUT2D eigenvalue weighted by Crippen LogP contribution is -2.23. The van der Waals surface area contributed by atoms with Crippen molar-refractivity contribution in [2.75, 3.05) is 0 Å². The molecule has 1 amide bonds. The van der Waals surface area contributed by atoms with E-state index in [0.29, 0.717) is 12.1 Å². The monoisotopic (exact) mass is 333 g/mol. The quantitative estimate of drug-likeness (QED) is 0.841. The van der Waals surface area contributed by atoms with Crippen LogP contribution in [0.3, 0.4) is 0 Å². The van der Waals surface area contributed by atoms with Gasteiger partial charge >= 0.3 is 0 Å². The van der Waals surface area contributed by atoms with Crippen molar-refractivity contribution in [1.82, 2.24) is 5.32 Å². The molecular weight excluding hydrogens is 318 g/mol. The molecule has 0 fully saturated rings. The lowest BCUT2D eigenvalue weighted by molar-refractivity contribution is 0.0950. The Kier molecular flexibility index (Phi) is 4.79. The number of halogens is 1. The van der Waals surface area contributed by atoms with Gasteiger partial charge in [0.25, 0.3) is 5.91 Å². The molecule has 20 heavy (non-hydrogen) atoms. The number of aryl methyl sites for hydroxylation is 1. The molecule has 2 N–H and O–H groups in total.